The van der Waals surface area contributed by atoms with Crippen LogP contribution in [0.25, 0.3) is 0 Å². The van der Waals surface area contributed by atoms with Crippen LogP contribution in [0.3, 0.4) is 0 Å². The molecule has 96 valence electrons. The normalized spacial score (nSPS) is 14.9. The number of halogens is 1. The van der Waals surface area contributed by atoms with Gasteiger partial charge in [-0.25, -0.2) is 0 Å². The molecule has 0 amide bonds. The van der Waals surface area contributed by atoms with E-state index >= 15 is 0 Å². The van der Waals surface area contributed by atoms with Crippen molar-refractivity contribution in [3.63, 3.8) is 0 Å². The first-order valence-corrected chi connectivity index (χ1v) is 6.61. The third kappa shape index (κ3) is 4.66. The summed E-state index contributed by atoms with van der Waals surface area (Å²) in [7, 11) is 0. The minimum atomic E-state index is 0.307. The van der Waals surface area contributed by atoms with Crippen molar-refractivity contribution in [1.29, 1.82) is 0 Å². The minimum Gasteiger partial charge on any atom is -0.330 e. The molecule has 0 bridgehead atoms. The van der Waals surface area contributed by atoms with Gasteiger partial charge in [0.15, 0.2) is 0 Å². The Labute approximate surface area is 110 Å². The lowest BCUT2D eigenvalue weighted by Gasteiger charge is -2.22. The maximum atomic E-state index is 5.98. The van der Waals surface area contributed by atoms with Crippen LogP contribution in [-0.4, -0.2) is 13.1 Å². The smallest absolute Gasteiger partial charge is 0.0409 e. The molecule has 2 atom stereocenters. The van der Waals surface area contributed by atoms with Crippen molar-refractivity contribution < 1.29 is 0 Å². The Morgan fingerprint density at radius 1 is 1.29 bits per heavy atom. The molecule has 1 aromatic carbocycles. The largest absolute Gasteiger partial charge is 0.330 e. The van der Waals surface area contributed by atoms with Crippen LogP contribution in [0.2, 0.25) is 5.02 Å². The highest BCUT2D eigenvalue weighted by molar-refractivity contribution is 6.30. The van der Waals surface area contributed by atoms with Crippen LogP contribution in [-0.2, 0) is 0 Å². The second-order valence-electron chi connectivity index (χ2n) is 4.92. The van der Waals surface area contributed by atoms with Crippen molar-refractivity contribution in [2.75, 3.05) is 13.1 Å². The highest BCUT2D eigenvalue weighted by Gasteiger charge is 2.13. The molecule has 17 heavy (non-hydrogen) atoms. The quantitative estimate of drug-likeness (QED) is 0.818. The van der Waals surface area contributed by atoms with Crippen LogP contribution < -0.4 is 11.1 Å². The van der Waals surface area contributed by atoms with Gasteiger partial charge in [0.05, 0.1) is 0 Å². The monoisotopic (exact) mass is 254 g/mol. The summed E-state index contributed by atoms with van der Waals surface area (Å²) in [5.41, 5.74) is 6.98. The van der Waals surface area contributed by atoms with Gasteiger partial charge in [0.2, 0.25) is 0 Å². The minimum absolute atomic E-state index is 0.307. The van der Waals surface area contributed by atoms with E-state index in [1.54, 1.807) is 0 Å². The van der Waals surface area contributed by atoms with E-state index in [1.165, 1.54) is 5.56 Å². The number of nitrogens with one attached hydrogen (secondary N) is 1. The Morgan fingerprint density at radius 3 is 2.53 bits per heavy atom. The van der Waals surface area contributed by atoms with Gasteiger partial charge in [0, 0.05) is 11.1 Å². The molecule has 0 spiro atoms. The first-order valence-electron chi connectivity index (χ1n) is 6.23. The lowest BCUT2D eigenvalue weighted by atomic mass is 9.95. The molecule has 0 aromatic heterocycles. The lowest BCUT2D eigenvalue weighted by Crippen LogP contribution is -2.33. The summed E-state index contributed by atoms with van der Waals surface area (Å²) >= 11 is 5.98. The molecule has 2 unspecified atom stereocenters. The van der Waals surface area contributed by atoms with Gasteiger partial charge in [-0.3, -0.25) is 0 Å². The van der Waals surface area contributed by atoms with Gasteiger partial charge in [-0.1, -0.05) is 37.6 Å². The Morgan fingerprint density at radius 2 is 2.00 bits per heavy atom. The molecule has 0 aliphatic heterocycles. The Balaban J connectivity index is 2.52. The summed E-state index contributed by atoms with van der Waals surface area (Å²) in [6, 6.07) is 8.29. The van der Waals surface area contributed by atoms with Gasteiger partial charge >= 0.3 is 0 Å². The maximum absolute atomic E-state index is 5.98. The van der Waals surface area contributed by atoms with Crippen LogP contribution in [0.4, 0.5) is 0 Å². The summed E-state index contributed by atoms with van der Waals surface area (Å²) in [6.07, 6.45) is 0. The molecule has 0 radical (unpaired) electrons. The van der Waals surface area contributed by atoms with E-state index in [9.17, 15) is 0 Å². The second-order valence-corrected chi connectivity index (χ2v) is 5.36. The summed E-state index contributed by atoms with van der Waals surface area (Å²) in [6.45, 7) is 8.25. The Bertz CT molecular complexity index is 339. The van der Waals surface area contributed by atoms with E-state index in [4.69, 9.17) is 17.3 Å². The fourth-order valence-corrected chi connectivity index (χ4v) is 2.01. The van der Waals surface area contributed by atoms with E-state index in [0.29, 0.717) is 17.9 Å². The van der Waals surface area contributed by atoms with Crippen molar-refractivity contribution in [2.24, 2.45) is 17.6 Å². The molecule has 0 aliphatic carbocycles. The predicted molar refractivity (Wildman–Crippen MR) is 75.3 cm³/mol. The van der Waals surface area contributed by atoms with E-state index in [2.05, 4.69) is 32.2 Å². The summed E-state index contributed by atoms with van der Waals surface area (Å²) in [5, 5.41) is 4.31. The van der Waals surface area contributed by atoms with Crippen molar-refractivity contribution in [1.82, 2.24) is 5.32 Å². The van der Waals surface area contributed by atoms with E-state index in [0.717, 1.165) is 18.1 Å². The zero-order valence-corrected chi connectivity index (χ0v) is 11.7. The number of hydrogen-bond donors (Lipinski definition) is 2. The van der Waals surface area contributed by atoms with Crippen LogP contribution in [0.15, 0.2) is 24.3 Å². The molecule has 0 saturated heterocycles. The predicted octanol–water partition coefficient (Wildman–Crippen LogP) is 3.22. The van der Waals surface area contributed by atoms with E-state index in [1.807, 2.05) is 18.2 Å². The molecule has 3 N–H and O–H groups in total. The first-order chi connectivity index (χ1) is 8.04. The number of rotatable bonds is 6. The van der Waals surface area contributed by atoms with Gasteiger partial charge in [-0.2, -0.15) is 0 Å². The van der Waals surface area contributed by atoms with Crippen LogP contribution in [0.1, 0.15) is 32.4 Å². The van der Waals surface area contributed by atoms with Crippen molar-refractivity contribution in [3.8, 4) is 0 Å². The molecule has 2 nitrogen and oxygen atoms in total. The zero-order chi connectivity index (χ0) is 12.8. The van der Waals surface area contributed by atoms with Crippen LogP contribution in [0.5, 0.6) is 0 Å². The Hall–Kier alpha value is -0.570. The van der Waals surface area contributed by atoms with Crippen molar-refractivity contribution in [3.05, 3.63) is 34.9 Å². The lowest BCUT2D eigenvalue weighted by molar-refractivity contribution is 0.356. The Kier molecular flexibility index (Phi) is 5.96. The fourth-order valence-electron chi connectivity index (χ4n) is 1.81. The first kappa shape index (κ1) is 14.5. The third-order valence-electron chi connectivity index (χ3n) is 3.28. The molecule has 1 aromatic rings. The summed E-state index contributed by atoms with van der Waals surface area (Å²) in [4.78, 5) is 0. The molecule has 0 aliphatic rings. The molecular formula is C14H23ClN2. The second kappa shape index (κ2) is 7.00. The van der Waals surface area contributed by atoms with E-state index in [-0.39, 0.29) is 0 Å². The van der Waals surface area contributed by atoms with Gasteiger partial charge < -0.3 is 11.1 Å². The fraction of sp³-hybridized carbons (Fsp3) is 0.571. The molecule has 3 heteroatoms. The third-order valence-corrected chi connectivity index (χ3v) is 3.52. The van der Waals surface area contributed by atoms with Gasteiger partial charge in [-0.05, 0) is 49.5 Å². The molecule has 0 saturated carbocycles. The molecule has 0 heterocycles. The standard InChI is InChI=1S/C14H23ClN2/c1-10(2)13(8-16)9-17-11(3)12-5-4-6-14(15)7-12/h4-7,10-11,13,17H,8-9,16H2,1-3H3. The topological polar surface area (TPSA) is 38.0 Å². The zero-order valence-electron chi connectivity index (χ0n) is 10.9. The average molecular weight is 255 g/mol. The van der Waals surface area contributed by atoms with E-state index < -0.39 is 0 Å². The number of nitrogens with two attached hydrogens (primary N) is 1. The summed E-state index contributed by atoms with van der Waals surface area (Å²) in [5.74, 6) is 1.13. The van der Waals surface area contributed by atoms with Gasteiger partial charge in [-0.15, -0.1) is 0 Å². The highest BCUT2D eigenvalue weighted by Crippen LogP contribution is 2.18. The number of hydrogen-bond acceptors (Lipinski definition) is 2. The van der Waals surface area contributed by atoms with Crippen LogP contribution in [0, 0.1) is 11.8 Å². The van der Waals surface area contributed by atoms with Crippen molar-refractivity contribution >= 4 is 11.6 Å². The maximum Gasteiger partial charge on any atom is 0.0409 e. The molecular weight excluding hydrogens is 232 g/mol. The highest BCUT2D eigenvalue weighted by atomic mass is 35.5. The SMILES string of the molecule is CC(NCC(CN)C(C)C)c1cccc(Cl)c1. The van der Waals surface area contributed by atoms with Crippen molar-refractivity contribution in [2.45, 2.75) is 26.8 Å². The molecule has 1 rings (SSSR count). The average Bonchev–Trinajstić information content (AvgIpc) is 2.29. The number of benzene rings is 1. The summed E-state index contributed by atoms with van der Waals surface area (Å²) < 4.78 is 0. The van der Waals surface area contributed by atoms with Crippen LogP contribution >= 0.6 is 11.6 Å². The molecule has 0 fully saturated rings. The van der Waals surface area contributed by atoms with Gasteiger partial charge in [0.1, 0.15) is 0 Å². The van der Waals surface area contributed by atoms with Gasteiger partial charge in [0.25, 0.3) is 0 Å².